The van der Waals surface area contributed by atoms with Crippen LogP contribution in [0.15, 0.2) is 28.8 Å². The van der Waals surface area contributed by atoms with E-state index < -0.39 is 18.2 Å². The number of Topliss-reactive ketones (excluding diaryl/α,β-unsaturated/α-hetero) is 1. The van der Waals surface area contributed by atoms with Gasteiger partial charge in [0.25, 0.3) is 0 Å². The van der Waals surface area contributed by atoms with Crippen molar-refractivity contribution >= 4 is 11.8 Å². The highest BCUT2D eigenvalue weighted by Crippen LogP contribution is 2.29. The van der Waals surface area contributed by atoms with Crippen molar-refractivity contribution in [3.8, 4) is 11.3 Å². The van der Waals surface area contributed by atoms with Gasteiger partial charge in [-0.15, -0.1) is 0 Å². The molecule has 1 saturated heterocycles. The van der Waals surface area contributed by atoms with E-state index in [9.17, 15) is 9.59 Å². The zero-order valence-electron chi connectivity index (χ0n) is 14.6. The Labute approximate surface area is 150 Å². The summed E-state index contributed by atoms with van der Waals surface area (Å²) >= 11 is 0. The summed E-state index contributed by atoms with van der Waals surface area (Å²) in [5.74, 6) is -1.09. The molecule has 7 nitrogen and oxygen atoms in total. The minimum absolute atomic E-state index is 0.227. The van der Waals surface area contributed by atoms with Crippen molar-refractivity contribution < 1.29 is 28.7 Å². The molecule has 1 aliphatic rings. The first kappa shape index (κ1) is 18.3. The van der Waals surface area contributed by atoms with E-state index in [1.165, 1.54) is 0 Å². The number of carbonyl (C=O) groups is 2. The van der Waals surface area contributed by atoms with Gasteiger partial charge in [0.15, 0.2) is 17.8 Å². The quantitative estimate of drug-likeness (QED) is 0.598. The Kier molecular flexibility index (Phi) is 5.80. The van der Waals surface area contributed by atoms with Crippen LogP contribution in [0.5, 0.6) is 0 Å². The molecule has 1 aliphatic heterocycles. The van der Waals surface area contributed by atoms with Gasteiger partial charge in [-0.2, -0.15) is 0 Å². The van der Waals surface area contributed by atoms with Gasteiger partial charge in [0.1, 0.15) is 6.42 Å². The van der Waals surface area contributed by atoms with Gasteiger partial charge in [-0.1, -0.05) is 23.4 Å². The Morgan fingerprint density at radius 1 is 1.35 bits per heavy atom. The van der Waals surface area contributed by atoms with Crippen LogP contribution in [0.4, 0.5) is 0 Å². The van der Waals surface area contributed by atoms with Gasteiger partial charge in [-0.3, -0.25) is 9.59 Å². The number of ether oxygens (including phenoxy) is 2. The minimum Gasteiger partial charge on any atom is -0.481 e. The Morgan fingerprint density at radius 2 is 2.19 bits per heavy atom. The zero-order chi connectivity index (χ0) is 18.5. The smallest absolute Gasteiger partial charge is 0.311 e. The first-order valence-corrected chi connectivity index (χ1v) is 8.58. The van der Waals surface area contributed by atoms with Crippen molar-refractivity contribution in [2.24, 2.45) is 0 Å². The van der Waals surface area contributed by atoms with Gasteiger partial charge < -0.3 is 19.1 Å². The molecule has 1 unspecified atom stereocenters. The molecule has 0 aliphatic carbocycles. The average molecular weight is 359 g/mol. The second-order valence-corrected chi connectivity index (χ2v) is 6.26. The third kappa shape index (κ3) is 4.36. The Hall–Kier alpha value is -2.51. The molecule has 0 saturated carbocycles. The fourth-order valence-corrected chi connectivity index (χ4v) is 2.88. The van der Waals surface area contributed by atoms with E-state index >= 15 is 0 Å². The van der Waals surface area contributed by atoms with E-state index in [1.54, 1.807) is 24.3 Å². The second-order valence-electron chi connectivity index (χ2n) is 6.26. The Morgan fingerprint density at radius 3 is 2.92 bits per heavy atom. The molecule has 0 amide bonds. The summed E-state index contributed by atoms with van der Waals surface area (Å²) < 4.78 is 16.8. The standard InChI is InChI=1S/C19H21NO6/c1-12-15(11-25-18-7-2-3-8-24-18)19(26-20-12)14-6-4-5-13(9-14)16(21)10-17(22)23/h4-6,9,18H,2-3,7-8,10-11H2,1H3,(H,22,23). The summed E-state index contributed by atoms with van der Waals surface area (Å²) in [7, 11) is 0. The third-order valence-corrected chi connectivity index (χ3v) is 4.29. The molecule has 1 atom stereocenters. The lowest BCUT2D eigenvalue weighted by Gasteiger charge is -2.22. The molecule has 1 N–H and O–H groups in total. The number of ketones is 1. The summed E-state index contributed by atoms with van der Waals surface area (Å²) in [6, 6.07) is 6.69. The van der Waals surface area contributed by atoms with Crippen LogP contribution in [-0.4, -0.2) is 34.9 Å². The van der Waals surface area contributed by atoms with E-state index in [1.807, 2.05) is 6.92 Å². The Bertz CT molecular complexity index is 791. The van der Waals surface area contributed by atoms with Crippen molar-refractivity contribution in [2.45, 2.75) is 45.5 Å². The van der Waals surface area contributed by atoms with E-state index in [0.29, 0.717) is 35.8 Å². The number of nitrogens with zero attached hydrogens (tertiary/aromatic N) is 1. The van der Waals surface area contributed by atoms with Gasteiger partial charge in [0.05, 0.1) is 12.3 Å². The van der Waals surface area contributed by atoms with Crippen molar-refractivity contribution in [2.75, 3.05) is 6.61 Å². The maximum Gasteiger partial charge on any atom is 0.311 e. The molecule has 2 aromatic rings. The van der Waals surface area contributed by atoms with Crippen LogP contribution in [0.3, 0.4) is 0 Å². The number of carbonyl (C=O) groups excluding carboxylic acids is 1. The van der Waals surface area contributed by atoms with Gasteiger partial charge in [-0.05, 0) is 32.3 Å². The fourth-order valence-electron chi connectivity index (χ4n) is 2.88. The number of hydrogen-bond donors (Lipinski definition) is 1. The average Bonchev–Trinajstić information content (AvgIpc) is 3.01. The topological polar surface area (TPSA) is 98.9 Å². The number of hydrogen-bond acceptors (Lipinski definition) is 6. The van der Waals surface area contributed by atoms with E-state index in [2.05, 4.69) is 5.16 Å². The predicted octanol–water partition coefficient (Wildman–Crippen LogP) is 3.35. The molecular formula is C19H21NO6. The first-order chi connectivity index (χ1) is 12.5. The van der Waals surface area contributed by atoms with Crippen LogP contribution < -0.4 is 0 Å². The maximum absolute atomic E-state index is 12.0. The molecular weight excluding hydrogens is 338 g/mol. The molecule has 2 heterocycles. The molecule has 26 heavy (non-hydrogen) atoms. The van der Waals surface area contributed by atoms with E-state index in [0.717, 1.165) is 24.8 Å². The largest absolute Gasteiger partial charge is 0.481 e. The maximum atomic E-state index is 12.0. The number of carboxylic acid groups (broad SMARTS) is 1. The number of benzene rings is 1. The number of rotatable bonds is 7. The fraction of sp³-hybridized carbons (Fsp3) is 0.421. The normalized spacial score (nSPS) is 17.2. The van der Waals surface area contributed by atoms with Crippen molar-refractivity contribution in [1.82, 2.24) is 5.16 Å². The third-order valence-electron chi connectivity index (χ3n) is 4.29. The van der Waals surface area contributed by atoms with Crippen molar-refractivity contribution in [3.05, 3.63) is 41.1 Å². The van der Waals surface area contributed by atoms with Crippen LogP contribution in [0, 0.1) is 6.92 Å². The number of aryl methyl sites for hydroxylation is 1. The lowest BCUT2D eigenvalue weighted by atomic mass is 10.0. The van der Waals surface area contributed by atoms with Gasteiger partial charge in [-0.25, -0.2) is 0 Å². The molecule has 1 fully saturated rings. The van der Waals surface area contributed by atoms with Crippen LogP contribution in [0.2, 0.25) is 0 Å². The predicted molar refractivity (Wildman–Crippen MR) is 91.6 cm³/mol. The minimum atomic E-state index is -1.16. The van der Waals surface area contributed by atoms with E-state index in [-0.39, 0.29) is 6.29 Å². The summed E-state index contributed by atoms with van der Waals surface area (Å²) in [5, 5.41) is 12.8. The lowest BCUT2D eigenvalue weighted by Crippen LogP contribution is -2.22. The number of aliphatic carboxylic acids is 1. The molecule has 0 bridgehead atoms. The lowest BCUT2D eigenvalue weighted by molar-refractivity contribution is -0.168. The monoisotopic (exact) mass is 359 g/mol. The summed E-state index contributed by atoms with van der Waals surface area (Å²) in [6.45, 7) is 2.82. The molecule has 0 radical (unpaired) electrons. The van der Waals surface area contributed by atoms with Crippen LogP contribution in [0.1, 0.15) is 47.3 Å². The zero-order valence-corrected chi connectivity index (χ0v) is 14.6. The van der Waals surface area contributed by atoms with Gasteiger partial charge in [0, 0.05) is 23.3 Å². The molecule has 1 aromatic carbocycles. The highest BCUT2D eigenvalue weighted by molar-refractivity contribution is 6.06. The summed E-state index contributed by atoms with van der Waals surface area (Å²) in [6.07, 6.45) is 2.21. The van der Waals surface area contributed by atoms with E-state index in [4.69, 9.17) is 19.1 Å². The molecule has 7 heteroatoms. The van der Waals surface area contributed by atoms with Crippen LogP contribution in [-0.2, 0) is 20.9 Å². The molecule has 1 aromatic heterocycles. The molecule has 138 valence electrons. The SMILES string of the molecule is Cc1noc(-c2cccc(C(=O)CC(=O)O)c2)c1COC1CCCCO1. The first-order valence-electron chi connectivity index (χ1n) is 8.58. The molecule has 0 spiro atoms. The molecule has 3 rings (SSSR count). The number of carboxylic acids is 1. The summed E-state index contributed by atoms with van der Waals surface area (Å²) in [4.78, 5) is 22.7. The summed E-state index contributed by atoms with van der Waals surface area (Å²) in [5.41, 5.74) is 2.48. The highest BCUT2D eigenvalue weighted by atomic mass is 16.7. The Balaban J connectivity index is 1.79. The van der Waals surface area contributed by atoms with Gasteiger partial charge in [0.2, 0.25) is 0 Å². The number of aromatic nitrogens is 1. The van der Waals surface area contributed by atoms with Crippen LogP contribution >= 0.6 is 0 Å². The van der Waals surface area contributed by atoms with Gasteiger partial charge >= 0.3 is 5.97 Å². The highest BCUT2D eigenvalue weighted by Gasteiger charge is 2.20. The van der Waals surface area contributed by atoms with Crippen molar-refractivity contribution in [1.29, 1.82) is 0 Å². The second kappa shape index (κ2) is 8.25. The van der Waals surface area contributed by atoms with Crippen molar-refractivity contribution in [3.63, 3.8) is 0 Å². The van der Waals surface area contributed by atoms with Crippen LogP contribution in [0.25, 0.3) is 11.3 Å².